The Kier molecular flexibility index (Phi) is 5.72. The third-order valence-electron chi connectivity index (χ3n) is 5.80. The van der Waals surface area contributed by atoms with Gasteiger partial charge in [-0.05, 0) is 41.7 Å². The molecule has 1 aliphatic heterocycles. The summed E-state index contributed by atoms with van der Waals surface area (Å²) in [7, 11) is 0. The van der Waals surface area contributed by atoms with Gasteiger partial charge in [-0.25, -0.2) is 9.97 Å². The lowest BCUT2D eigenvalue weighted by Crippen LogP contribution is -2.32. The molecule has 2 aromatic heterocycles. The summed E-state index contributed by atoms with van der Waals surface area (Å²) >= 11 is 3.05. The number of hydrogen-bond donors (Lipinski definition) is 1. The van der Waals surface area contributed by atoms with Gasteiger partial charge < -0.3 is 4.90 Å². The third kappa shape index (κ3) is 4.16. The van der Waals surface area contributed by atoms with Crippen molar-refractivity contribution in [2.45, 2.75) is 39.7 Å². The molecule has 0 bridgehead atoms. The van der Waals surface area contributed by atoms with Gasteiger partial charge in [-0.1, -0.05) is 49.4 Å². The topological polar surface area (TPSA) is 75.2 Å². The van der Waals surface area contributed by atoms with E-state index < -0.39 is 0 Å². The van der Waals surface area contributed by atoms with Gasteiger partial charge in [0.2, 0.25) is 0 Å². The molecule has 2 aromatic carbocycles. The van der Waals surface area contributed by atoms with Crippen LogP contribution in [0.25, 0.3) is 10.2 Å². The van der Waals surface area contributed by atoms with Crippen LogP contribution in [-0.4, -0.2) is 28.2 Å². The van der Waals surface area contributed by atoms with Gasteiger partial charge in [0.25, 0.3) is 5.91 Å². The first-order chi connectivity index (χ1) is 15.9. The molecule has 0 radical (unpaired) electrons. The Bertz CT molecular complexity index is 1340. The third-order valence-corrected chi connectivity index (χ3v) is 8.17. The summed E-state index contributed by atoms with van der Waals surface area (Å²) in [5, 5.41) is 4.43. The molecule has 3 heterocycles. The lowest BCUT2D eigenvalue weighted by atomic mass is 9.94. The second-order valence-corrected chi connectivity index (χ2v) is 10.5. The minimum absolute atomic E-state index is 0.00508. The maximum absolute atomic E-state index is 13.2. The molecule has 6 nitrogen and oxygen atoms in total. The second kappa shape index (κ2) is 8.68. The summed E-state index contributed by atoms with van der Waals surface area (Å²) in [5.74, 6) is 0.0797. The number of ketones is 1. The van der Waals surface area contributed by atoms with Gasteiger partial charge in [0.1, 0.15) is 5.69 Å². The Balaban J connectivity index is 1.43. The monoisotopic (exact) mass is 476 g/mol. The highest BCUT2D eigenvalue weighted by Crippen LogP contribution is 2.35. The van der Waals surface area contributed by atoms with E-state index in [2.05, 4.69) is 40.1 Å². The number of benzene rings is 2. The molecule has 1 aliphatic rings. The number of amides is 1. The number of para-hydroxylation sites is 1. The van der Waals surface area contributed by atoms with Crippen molar-refractivity contribution in [3.8, 4) is 0 Å². The van der Waals surface area contributed by atoms with Gasteiger partial charge in [0, 0.05) is 30.5 Å². The van der Waals surface area contributed by atoms with E-state index in [9.17, 15) is 9.59 Å². The van der Waals surface area contributed by atoms with Crippen LogP contribution in [0, 0.1) is 0 Å². The Morgan fingerprint density at radius 1 is 1.06 bits per heavy atom. The molecule has 33 heavy (non-hydrogen) atoms. The molecule has 1 N–H and O–H groups in total. The Morgan fingerprint density at radius 3 is 2.61 bits per heavy atom. The minimum Gasteiger partial charge on any atom is -0.343 e. The Labute approximate surface area is 200 Å². The SMILES string of the molecule is CC(=O)c1nc(N2CCc3cccc(C(=O)Nc4nc5ccccc5s4)c3C2)sc1C(C)C. The molecule has 0 saturated carbocycles. The number of hydrogen-bond acceptors (Lipinski definition) is 7. The van der Waals surface area contributed by atoms with Crippen LogP contribution in [0.5, 0.6) is 0 Å². The highest BCUT2D eigenvalue weighted by Gasteiger charge is 2.26. The number of carbonyl (C=O) groups is 2. The van der Waals surface area contributed by atoms with Crippen LogP contribution in [0.2, 0.25) is 0 Å². The van der Waals surface area contributed by atoms with E-state index in [4.69, 9.17) is 0 Å². The van der Waals surface area contributed by atoms with E-state index in [-0.39, 0.29) is 17.6 Å². The van der Waals surface area contributed by atoms with Crippen molar-refractivity contribution in [3.05, 3.63) is 69.7 Å². The number of thiazole rings is 2. The number of Topliss-reactive ketones (excluding diaryl/α,β-unsaturated/α-hetero) is 1. The number of nitrogens with zero attached hydrogens (tertiary/aromatic N) is 3. The number of carbonyl (C=O) groups excluding carboxylic acids is 2. The predicted molar refractivity (Wildman–Crippen MR) is 135 cm³/mol. The zero-order chi connectivity index (χ0) is 23.1. The van der Waals surface area contributed by atoms with Crippen molar-refractivity contribution in [3.63, 3.8) is 0 Å². The molecule has 0 fully saturated rings. The van der Waals surface area contributed by atoms with E-state index in [0.717, 1.165) is 38.8 Å². The standard InChI is InChI=1S/C25H24N4O2S2/c1-14(2)22-21(15(3)30)27-25(33-22)29-12-11-16-7-6-8-17(18(16)13-29)23(31)28-24-26-19-9-4-5-10-20(19)32-24/h4-10,14H,11-13H2,1-3H3,(H,26,28,31). The van der Waals surface area contributed by atoms with Crippen LogP contribution in [0.15, 0.2) is 42.5 Å². The van der Waals surface area contributed by atoms with Crippen LogP contribution >= 0.6 is 22.7 Å². The molecule has 0 aliphatic carbocycles. The van der Waals surface area contributed by atoms with Crippen LogP contribution in [0.1, 0.15) is 63.5 Å². The zero-order valence-electron chi connectivity index (χ0n) is 18.7. The molecule has 8 heteroatoms. The average molecular weight is 477 g/mol. The summed E-state index contributed by atoms with van der Waals surface area (Å²) in [6.45, 7) is 7.12. The predicted octanol–water partition coefficient (Wildman–Crippen LogP) is 5.89. The molecule has 0 spiro atoms. The summed E-state index contributed by atoms with van der Waals surface area (Å²) in [5.41, 5.74) is 4.29. The molecule has 1 amide bonds. The van der Waals surface area contributed by atoms with Gasteiger partial charge in [-0.15, -0.1) is 11.3 Å². The van der Waals surface area contributed by atoms with Crippen molar-refractivity contribution < 1.29 is 9.59 Å². The van der Waals surface area contributed by atoms with Crippen molar-refractivity contribution >= 4 is 54.8 Å². The average Bonchev–Trinajstić information content (AvgIpc) is 3.42. The highest BCUT2D eigenvalue weighted by molar-refractivity contribution is 7.22. The number of anilines is 2. The lowest BCUT2D eigenvalue weighted by molar-refractivity contribution is 0.100. The highest BCUT2D eigenvalue weighted by atomic mass is 32.1. The Hall–Kier alpha value is -3.10. The first-order valence-electron chi connectivity index (χ1n) is 10.9. The molecule has 0 unspecified atom stereocenters. The fourth-order valence-corrected chi connectivity index (χ4v) is 6.15. The van der Waals surface area contributed by atoms with Gasteiger partial charge in [-0.3, -0.25) is 14.9 Å². The van der Waals surface area contributed by atoms with E-state index >= 15 is 0 Å². The first-order valence-corrected chi connectivity index (χ1v) is 12.6. The van der Waals surface area contributed by atoms with Crippen LogP contribution in [-0.2, 0) is 13.0 Å². The number of nitrogens with one attached hydrogen (secondary N) is 1. The molecular formula is C25H24N4O2S2. The number of rotatable bonds is 5. The van der Waals surface area contributed by atoms with Gasteiger partial charge >= 0.3 is 0 Å². The second-order valence-electron chi connectivity index (χ2n) is 8.48. The number of fused-ring (bicyclic) bond motifs is 2. The van der Waals surface area contributed by atoms with Gasteiger partial charge in [0.15, 0.2) is 16.0 Å². The van der Waals surface area contributed by atoms with Crippen molar-refractivity contribution in [1.82, 2.24) is 9.97 Å². The Morgan fingerprint density at radius 2 is 1.88 bits per heavy atom. The van der Waals surface area contributed by atoms with Gasteiger partial charge in [-0.2, -0.15) is 0 Å². The maximum Gasteiger partial charge on any atom is 0.257 e. The van der Waals surface area contributed by atoms with Crippen molar-refractivity contribution in [2.24, 2.45) is 0 Å². The van der Waals surface area contributed by atoms with Crippen LogP contribution in [0.3, 0.4) is 0 Å². The largest absolute Gasteiger partial charge is 0.343 e. The molecule has 168 valence electrons. The quantitative estimate of drug-likeness (QED) is 0.363. The summed E-state index contributed by atoms with van der Waals surface area (Å²) in [4.78, 5) is 37.8. The van der Waals surface area contributed by atoms with Crippen molar-refractivity contribution in [1.29, 1.82) is 0 Å². The fourth-order valence-electron chi connectivity index (χ4n) is 4.15. The zero-order valence-corrected chi connectivity index (χ0v) is 20.3. The summed E-state index contributed by atoms with van der Waals surface area (Å²) in [6, 6.07) is 13.7. The molecule has 0 atom stereocenters. The van der Waals surface area contributed by atoms with Crippen LogP contribution in [0.4, 0.5) is 10.3 Å². The minimum atomic E-state index is -0.154. The molecule has 5 rings (SSSR count). The maximum atomic E-state index is 13.2. The van der Waals surface area contributed by atoms with Gasteiger partial charge in [0.05, 0.1) is 10.2 Å². The summed E-state index contributed by atoms with van der Waals surface area (Å²) in [6.07, 6.45) is 0.823. The molecule has 0 saturated heterocycles. The smallest absolute Gasteiger partial charge is 0.257 e. The van der Waals surface area contributed by atoms with E-state index in [1.54, 1.807) is 18.3 Å². The molecular weight excluding hydrogens is 452 g/mol. The normalized spacial score (nSPS) is 13.4. The number of aromatic nitrogens is 2. The van der Waals surface area contributed by atoms with Crippen LogP contribution < -0.4 is 10.2 Å². The van der Waals surface area contributed by atoms with Crippen molar-refractivity contribution in [2.75, 3.05) is 16.8 Å². The first kappa shape index (κ1) is 21.7. The lowest BCUT2D eigenvalue weighted by Gasteiger charge is -2.29. The van der Waals surface area contributed by atoms with E-state index in [1.165, 1.54) is 16.9 Å². The fraction of sp³-hybridized carbons (Fsp3) is 0.280. The van der Waals surface area contributed by atoms with E-state index in [1.807, 2.05) is 36.4 Å². The van der Waals surface area contributed by atoms with E-state index in [0.29, 0.717) is 22.9 Å². The summed E-state index contributed by atoms with van der Waals surface area (Å²) < 4.78 is 1.04. The molecule has 4 aromatic rings.